The average Bonchev–Trinajstić information content (AvgIpc) is 1.02. The minimum Gasteiger partial charge on any atom is -0.508 e. The van der Waals surface area contributed by atoms with Gasteiger partial charge in [-0.2, -0.15) is 5.11 Å². The number of ether oxygens (including phenoxy) is 3. The van der Waals surface area contributed by atoms with E-state index in [1.165, 1.54) is 101 Å². The monoisotopic (exact) mass is 1870 g/mol. The highest BCUT2D eigenvalue weighted by Crippen LogP contribution is 2.53. The zero-order valence-corrected chi connectivity index (χ0v) is 74.3. The summed E-state index contributed by atoms with van der Waals surface area (Å²) in [4.78, 5) is 147. The number of rotatable bonds is 45. The molecule has 6 aromatic carbocycles. The van der Waals surface area contributed by atoms with Gasteiger partial charge < -0.3 is 89.0 Å². The number of non-ortho nitro benzene ring substituents is 1. The molecule has 7 aromatic rings. The molecule has 5 aliphatic heterocycles. The van der Waals surface area contributed by atoms with Crippen molar-refractivity contribution in [1.82, 2.24) is 25.4 Å². The van der Waals surface area contributed by atoms with Crippen LogP contribution in [0.25, 0.3) is 44.3 Å². The topological polar surface area (TPSA) is 529 Å². The number of aliphatic hydroxyl groups is 2. The number of aromatic hydroxyl groups is 1. The number of nitrogens with zero attached hydrogens (tertiary/aromatic N) is 7. The first-order valence-electron chi connectivity index (χ1n) is 42.3. The molecule has 0 radical (unpaired) electrons. The van der Waals surface area contributed by atoms with Crippen molar-refractivity contribution in [3.63, 3.8) is 0 Å². The maximum absolute atomic E-state index is 14.5. The van der Waals surface area contributed by atoms with Crippen molar-refractivity contribution in [2.24, 2.45) is 10.2 Å². The van der Waals surface area contributed by atoms with E-state index in [1.54, 1.807) is 49.1 Å². The number of phenolic OH excluding ortho intramolecular Hbond substituents is 1. The SMILES string of the molecule is BC1CC(OP(=O)(O)OC2CC(CO)N(C(=O)CCCN(C)c3ccc(/N=N/c4ccc([N+](=O)[O-])cc4Cl)cc3)C2)C(COP(=O)(O)OCC2CC(OP(=O)(O)OCCCCCC(=O)N3CCc4c3ccc3[nH]c(C(=O)NCCCCCO)cc43)CN2C(=O)c2ccc(OCCOCCNC(=O)c3ccc(C(=O)O)c(-c4c5ccc(=O)cc-5oc5cc(O)ccc45)c3)cc2)O1. The fourth-order valence-corrected chi connectivity index (χ4v) is 19.2. The number of aliphatic hydroxyl groups excluding tert-OH is 2. The molecule has 0 bridgehead atoms. The van der Waals surface area contributed by atoms with Crippen LogP contribution < -0.4 is 30.6 Å². The zero-order valence-electron chi connectivity index (χ0n) is 70.9. The van der Waals surface area contributed by atoms with E-state index in [0.29, 0.717) is 85.4 Å². The quantitative estimate of drug-likeness (QED) is 0.00322. The highest BCUT2D eigenvalue weighted by molar-refractivity contribution is 7.48. The molecule has 3 saturated heterocycles. The van der Waals surface area contributed by atoms with Crippen LogP contribution in [0.15, 0.2) is 159 Å². The molecular weight excluding hydrogens is 1780 g/mol. The number of fused-ring (bicyclic) bond motifs is 5. The van der Waals surface area contributed by atoms with E-state index < -0.39 is 108 Å². The van der Waals surface area contributed by atoms with Crippen molar-refractivity contribution < 1.29 is 128 Å². The number of aromatic carboxylic acids is 1. The van der Waals surface area contributed by atoms with Gasteiger partial charge in [-0.05, 0) is 191 Å². The molecule has 5 amide bonds. The number of azo groups is 1. The Balaban J connectivity index is 0.582. The molecule has 44 heteroatoms. The summed E-state index contributed by atoms with van der Waals surface area (Å²) in [7, 11) is -11.6. The highest BCUT2D eigenvalue weighted by atomic mass is 35.5. The number of nitro groups is 1. The summed E-state index contributed by atoms with van der Waals surface area (Å²) in [6.07, 6.45) is -0.652. The van der Waals surface area contributed by atoms with E-state index in [9.17, 15) is 87.4 Å². The van der Waals surface area contributed by atoms with Gasteiger partial charge in [-0.1, -0.05) is 18.0 Å². The van der Waals surface area contributed by atoms with Crippen molar-refractivity contribution in [2.75, 3.05) is 109 Å². The van der Waals surface area contributed by atoms with Crippen LogP contribution in [-0.4, -0.2) is 240 Å². The van der Waals surface area contributed by atoms with Gasteiger partial charge in [0.15, 0.2) is 5.43 Å². The molecule has 692 valence electrons. The molecule has 3 fully saturated rings. The highest BCUT2D eigenvalue weighted by Gasteiger charge is 2.46. The maximum atomic E-state index is 14.5. The minimum absolute atomic E-state index is 0.00413. The van der Waals surface area contributed by atoms with Crippen LogP contribution in [0, 0.1) is 10.1 Å². The lowest BCUT2D eigenvalue weighted by Crippen LogP contribution is -2.38. The number of hydrogen-bond acceptors (Lipinski definition) is 28. The number of aromatic nitrogens is 1. The van der Waals surface area contributed by atoms with Crippen LogP contribution in [0.1, 0.15) is 124 Å². The van der Waals surface area contributed by atoms with Crippen molar-refractivity contribution in [3.8, 4) is 33.9 Å². The zero-order chi connectivity index (χ0) is 92.6. The summed E-state index contributed by atoms with van der Waals surface area (Å²) in [5.41, 5.74) is 4.91. The third kappa shape index (κ3) is 25.3. The predicted octanol–water partition coefficient (Wildman–Crippen LogP) is 11.3. The lowest BCUT2D eigenvalue weighted by atomic mass is 9.89. The van der Waals surface area contributed by atoms with Gasteiger partial charge in [0.2, 0.25) is 11.8 Å². The van der Waals surface area contributed by atoms with Crippen LogP contribution in [0.2, 0.25) is 5.02 Å². The number of amides is 5. The number of carboxylic acids is 1. The number of anilines is 2. The largest absolute Gasteiger partial charge is 0.508 e. The molecule has 6 heterocycles. The van der Waals surface area contributed by atoms with E-state index in [-0.39, 0.29) is 170 Å². The summed E-state index contributed by atoms with van der Waals surface area (Å²) in [6.45, 7) is -1.19. The Hall–Kier alpha value is -10.7. The van der Waals surface area contributed by atoms with Gasteiger partial charge in [0.25, 0.3) is 23.4 Å². The molecule has 10 unspecified atom stereocenters. The average molecular weight is 1880 g/mol. The summed E-state index contributed by atoms with van der Waals surface area (Å²) < 4.78 is 97.9. The van der Waals surface area contributed by atoms with E-state index >= 15 is 0 Å². The first-order valence-corrected chi connectivity index (χ1v) is 47.2. The Morgan fingerprint density at radius 2 is 1.42 bits per heavy atom. The van der Waals surface area contributed by atoms with Crippen LogP contribution in [0.3, 0.4) is 0 Å². The predicted molar refractivity (Wildman–Crippen MR) is 476 cm³/mol. The van der Waals surface area contributed by atoms with Crippen LogP contribution in [0.4, 0.5) is 28.4 Å². The summed E-state index contributed by atoms with van der Waals surface area (Å²) in [5, 5.41) is 66.2. The molecule has 10 atom stereocenters. The number of carbonyl (C=O) groups is 6. The number of nitrogens with one attached hydrogen (secondary N) is 3. The van der Waals surface area contributed by atoms with Gasteiger partial charge in [-0.3, -0.25) is 66.0 Å². The first kappa shape index (κ1) is 96.8. The van der Waals surface area contributed by atoms with Crippen LogP contribution in [-0.2, 0) is 66.3 Å². The third-order valence-electron chi connectivity index (χ3n) is 22.5. The van der Waals surface area contributed by atoms with Gasteiger partial charge in [0, 0.05) is 146 Å². The van der Waals surface area contributed by atoms with Gasteiger partial charge >= 0.3 is 29.4 Å². The Morgan fingerprint density at radius 3 is 2.17 bits per heavy atom. The molecule has 0 saturated carbocycles. The Morgan fingerprint density at radius 1 is 0.685 bits per heavy atom. The van der Waals surface area contributed by atoms with E-state index in [4.69, 9.17) is 62.5 Å². The van der Waals surface area contributed by atoms with E-state index in [1.807, 2.05) is 24.1 Å². The minimum atomic E-state index is -5.14. The van der Waals surface area contributed by atoms with Crippen molar-refractivity contribution in [2.45, 2.75) is 126 Å². The van der Waals surface area contributed by atoms with Gasteiger partial charge in [-0.25, -0.2) is 18.5 Å². The molecule has 6 aliphatic rings. The number of phenols is 1. The number of benzene rings is 7. The number of H-pyrrole nitrogens is 1. The lowest BCUT2D eigenvalue weighted by molar-refractivity contribution is -0.384. The summed E-state index contributed by atoms with van der Waals surface area (Å²) in [6, 6.07) is 32.0. The Kier molecular flexibility index (Phi) is 32.8. The standard InChI is InChI=1S/C86H99BClN10O29P3/c1-94(55-16-14-54(15-17-55)92-93-72-26-18-56(98(110)111)42-70(72)88)32-8-10-81(104)96-47-62(40-57(96)49-100)126-130(116,117)127-77-46-79(87)124-78(77)51-122-128(112,113)121-50-58-41-63(125-129(114,115)120-35-7-2-4-9-80(103)95-33-29-64-68-45-73(91-71(68)27-28-74(64)95)84(106)89-30-5-3-6-34-99)48-97(58)85(107)52-11-21-61(22-12-52)119-38-37-118-36-31-90-83(105)53-13-23-65(86(108)109)69(39-53)82-66-24-19-59(101)43-75(66)123-76-44-60(102)20-25-67(76)82/h11-28,39,42-45,57-58,62-63,77-79,91,99-101H,2-10,29-38,40-41,46-51,87H2,1H3,(H,89,106)(H,90,105)(H,108,109)(H,112,113)(H,114,115)(H,116,117)/b93-92+. The first-order chi connectivity index (χ1) is 62.3. The number of unbranched alkanes of at least 4 members (excludes halogenated alkanes) is 4. The number of hydrogen-bond donors (Lipinski definition) is 10. The van der Waals surface area contributed by atoms with Gasteiger partial charge in [-0.15, -0.1) is 5.11 Å². The number of phosphoric ester groups is 3. The number of likely N-dealkylation sites (tertiary alicyclic amines) is 2. The van der Waals surface area contributed by atoms with Crippen molar-refractivity contribution >= 4 is 129 Å². The molecular formula is C86H99BClN10O29P3. The van der Waals surface area contributed by atoms with Crippen LogP contribution in [0.5, 0.6) is 11.5 Å². The normalized spacial score (nSPS) is 19.3. The molecule has 0 spiro atoms. The second-order valence-electron chi connectivity index (χ2n) is 31.7. The molecule has 10 N–H and O–H groups in total. The Bertz CT molecular complexity index is 5820. The number of aromatic amines is 1. The molecule has 13 rings (SSSR count). The fourth-order valence-electron chi connectivity index (χ4n) is 16.1. The molecule has 39 nitrogen and oxygen atoms in total. The molecule has 1 aliphatic carbocycles. The van der Waals surface area contributed by atoms with E-state index in [2.05, 4.69) is 25.8 Å². The third-order valence-corrected chi connectivity index (χ3v) is 25.9. The van der Waals surface area contributed by atoms with Gasteiger partial charge in [0.05, 0.1) is 91.2 Å². The second-order valence-corrected chi connectivity index (χ2v) is 36.4. The molecule has 1 aromatic heterocycles. The number of phosphoric acid groups is 3. The smallest absolute Gasteiger partial charge is 0.472 e. The van der Waals surface area contributed by atoms with Crippen molar-refractivity contribution in [3.05, 3.63) is 193 Å². The summed E-state index contributed by atoms with van der Waals surface area (Å²) >= 11 is 6.15. The number of nitro benzene ring substituents is 1. The van der Waals surface area contributed by atoms with Crippen molar-refractivity contribution in [1.29, 1.82) is 0 Å². The van der Waals surface area contributed by atoms with E-state index in [0.717, 1.165) is 40.7 Å². The fraction of sp³-hybridized carbons (Fsp3) is 0.407. The number of carbonyl (C=O) groups excluding carboxylic acids is 5. The van der Waals surface area contributed by atoms with Crippen LogP contribution >= 0.6 is 35.1 Å². The Labute approximate surface area is 750 Å². The number of carboxylic acid groups (broad SMARTS) is 1. The lowest BCUT2D eigenvalue weighted by Gasteiger charge is -2.26. The second kappa shape index (κ2) is 44.0. The maximum Gasteiger partial charge on any atom is 0.472 e. The summed E-state index contributed by atoms with van der Waals surface area (Å²) in [5.74, 6) is -2.93. The molecule has 130 heavy (non-hydrogen) atoms. The number of halogens is 1. The van der Waals surface area contributed by atoms with Gasteiger partial charge in [0.1, 0.15) is 54.8 Å².